The highest BCUT2D eigenvalue weighted by molar-refractivity contribution is 6.32. The molecule has 0 radical (unpaired) electrons. The van der Waals surface area contributed by atoms with Crippen molar-refractivity contribution >= 4 is 46.4 Å². The molecular weight excluding hydrogens is 423 g/mol. The molecule has 3 rings (SSSR count). The Bertz CT molecular complexity index is 1090. The van der Waals surface area contributed by atoms with Crippen LogP contribution in [0.25, 0.3) is 0 Å². The van der Waals surface area contributed by atoms with Gasteiger partial charge in [0.1, 0.15) is 6.04 Å². The molecule has 2 aromatic carbocycles. The lowest BCUT2D eigenvalue weighted by molar-refractivity contribution is -0.119. The van der Waals surface area contributed by atoms with Crippen molar-refractivity contribution in [2.45, 2.75) is 33.2 Å². The molecule has 0 aliphatic rings. The predicted octanol–water partition coefficient (Wildman–Crippen LogP) is 5.65. The maximum Gasteiger partial charge on any atom is 0.276 e. The van der Waals surface area contributed by atoms with Gasteiger partial charge < -0.3 is 10.6 Å². The van der Waals surface area contributed by atoms with E-state index < -0.39 is 6.04 Å². The summed E-state index contributed by atoms with van der Waals surface area (Å²) in [5.74, 6) is -0.608. The normalized spacial score (nSPS) is 11.8. The second kappa shape index (κ2) is 9.32. The summed E-state index contributed by atoms with van der Waals surface area (Å²) in [5.41, 5.74) is 3.03. The van der Waals surface area contributed by atoms with E-state index in [4.69, 9.17) is 23.2 Å². The topological polar surface area (TPSA) is 76.0 Å². The second-order valence-electron chi connectivity index (χ2n) is 6.87. The zero-order chi connectivity index (χ0) is 21.8. The van der Waals surface area contributed by atoms with Gasteiger partial charge in [-0.25, -0.2) is 0 Å². The van der Waals surface area contributed by atoms with Crippen molar-refractivity contribution in [1.29, 1.82) is 0 Å². The standard InChI is InChI=1S/C22H22Cl2N4O2/c1-4-20(22(30)26-18-10-6-8-16(24)14(18)3)28-12-11-19(27-28)21(29)25-17-9-5-7-15(23)13(17)2/h5-12,20H,4H2,1-3H3,(H,25,29)(H,26,30)/t20-/m0/s1. The molecule has 0 unspecified atom stereocenters. The van der Waals surface area contributed by atoms with Crippen LogP contribution in [-0.4, -0.2) is 21.6 Å². The number of benzene rings is 2. The van der Waals surface area contributed by atoms with Crippen LogP contribution in [0, 0.1) is 13.8 Å². The van der Waals surface area contributed by atoms with Crippen LogP contribution in [0.1, 0.15) is 41.0 Å². The Morgan fingerprint density at radius 1 is 0.967 bits per heavy atom. The summed E-state index contributed by atoms with van der Waals surface area (Å²) < 4.78 is 1.49. The number of hydrogen-bond acceptors (Lipinski definition) is 3. The van der Waals surface area contributed by atoms with E-state index in [9.17, 15) is 9.59 Å². The van der Waals surface area contributed by atoms with Crippen molar-refractivity contribution in [2.24, 2.45) is 0 Å². The molecule has 0 fully saturated rings. The first-order chi connectivity index (χ1) is 14.3. The molecule has 1 aromatic heterocycles. The molecule has 0 saturated carbocycles. The van der Waals surface area contributed by atoms with Gasteiger partial charge in [-0.3, -0.25) is 14.3 Å². The lowest BCUT2D eigenvalue weighted by atomic mass is 10.1. The summed E-state index contributed by atoms with van der Waals surface area (Å²) in [7, 11) is 0. The number of nitrogens with zero attached hydrogens (tertiary/aromatic N) is 2. The summed E-state index contributed by atoms with van der Waals surface area (Å²) >= 11 is 12.2. The van der Waals surface area contributed by atoms with E-state index in [0.717, 1.165) is 11.1 Å². The quantitative estimate of drug-likeness (QED) is 0.515. The van der Waals surface area contributed by atoms with Gasteiger partial charge in [-0.15, -0.1) is 0 Å². The van der Waals surface area contributed by atoms with Crippen LogP contribution in [0.4, 0.5) is 11.4 Å². The molecule has 6 nitrogen and oxygen atoms in total. The van der Waals surface area contributed by atoms with Gasteiger partial charge in [0.05, 0.1) is 0 Å². The Kier molecular flexibility index (Phi) is 6.80. The van der Waals surface area contributed by atoms with Crippen molar-refractivity contribution in [3.05, 3.63) is 75.5 Å². The molecule has 3 aromatic rings. The van der Waals surface area contributed by atoms with Gasteiger partial charge in [-0.1, -0.05) is 42.3 Å². The first-order valence-electron chi connectivity index (χ1n) is 9.49. The van der Waals surface area contributed by atoms with Gasteiger partial charge in [-0.2, -0.15) is 5.10 Å². The van der Waals surface area contributed by atoms with Gasteiger partial charge >= 0.3 is 0 Å². The molecule has 2 N–H and O–H groups in total. The molecule has 156 valence electrons. The molecule has 0 bridgehead atoms. The van der Waals surface area contributed by atoms with E-state index in [1.807, 2.05) is 20.8 Å². The maximum atomic E-state index is 12.8. The van der Waals surface area contributed by atoms with Crippen molar-refractivity contribution in [1.82, 2.24) is 9.78 Å². The van der Waals surface area contributed by atoms with E-state index >= 15 is 0 Å². The van der Waals surface area contributed by atoms with Gasteiger partial charge in [0, 0.05) is 27.6 Å². The van der Waals surface area contributed by atoms with Crippen LogP contribution in [0.15, 0.2) is 48.7 Å². The zero-order valence-corrected chi connectivity index (χ0v) is 18.4. The molecule has 8 heteroatoms. The smallest absolute Gasteiger partial charge is 0.276 e. The Morgan fingerprint density at radius 3 is 2.10 bits per heavy atom. The second-order valence-corrected chi connectivity index (χ2v) is 7.69. The molecule has 0 spiro atoms. The molecule has 0 aliphatic heterocycles. The lowest BCUT2D eigenvalue weighted by Gasteiger charge is -2.17. The van der Waals surface area contributed by atoms with Crippen LogP contribution < -0.4 is 10.6 Å². The predicted molar refractivity (Wildman–Crippen MR) is 121 cm³/mol. The summed E-state index contributed by atoms with van der Waals surface area (Å²) in [6.07, 6.45) is 2.12. The highest BCUT2D eigenvalue weighted by atomic mass is 35.5. The highest BCUT2D eigenvalue weighted by Crippen LogP contribution is 2.25. The summed E-state index contributed by atoms with van der Waals surface area (Å²) in [5, 5.41) is 11.2. The maximum absolute atomic E-state index is 12.8. The monoisotopic (exact) mass is 444 g/mol. The Balaban J connectivity index is 1.75. The minimum absolute atomic E-state index is 0.208. The number of hydrogen-bond donors (Lipinski definition) is 2. The van der Waals surface area contributed by atoms with Crippen molar-refractivity contribution in [2.75, 3.05) is 10.6 Å². The molecule has 0 aliphatic carbocycles. The van der Waals surface area contributed by atoms with Gasteiger partial charge in [0.15, 0.2) is 5.69 Å². The van der Waals surface area contributed by atoms with Crippen LogP contribution >= 0.6 is 23.2 Å². The molecule has 1 atom stereocenters. The number of rotatable bonds is 6. The van der Waals surface area contributed by atoms with E-state index in [1.54, 1.807) is 48.7 Å². The van der Waals surface area contributed by atoms with Crippen LogP contribution in [0.2, 0.25) is 10.0 Å². The van der Waals surface area contributed by atoms with Crippen molar-refractivity contribution in [3.8, 4) is 0 Å². The lowest BCUT2D eigenvalue weighted by Crippen LogP contribution is -2.26. The third kappa shape index (κ3) is 4.66. The fourth-order valence-corrected chi connectivity index (χ4v) is 3.36. The van der Waals surface area contributed by atoms with Gasteiger partial charge in [0.25, 0.3) is 5.91 Å². The fraction of sp³-hybridized carbons (Fsp3) is 0.227. The average molecular weight is 445 g/mol. The summed E-state index contributed by atoms with van der Waals surface area (Å²) in [4.78, 5) is 25.4. The minimum atomic E-state index is -0.571. The van der Waals surface area contributed by atoms with Crippen LogP contribution in [-0.2, 0) is 4.79 Å². The number of carbonyl (C=O) groups excluding carboxylic acids is 2. The number of nitrogens with one attached hydrogen (secondary N) is 2. The molecule has 30 heavy (non-hydrogen) atoms. The third-order valence-corrected chi connectivity index (χ3v) is 5.71. The van der Waals surface area contributed by atoms with E-state index in [1.165, 1.54) is 4.68 Å². The number of aromatic nitrogens is 2. The molecular formula is C22H22Cl2N4O2. The van der Waals surface area contributed by atoms with Crippen molar-refractivity contribution < 1.29 is 9.59 Å². The first-order valence-corrected chi connectivity index (χ1v) is 10.2. The van der Waals surface area contributed by atoms with Crippen LogP contribution in [0.3, 0.4) is 0 Å². The average Bonchev–Trinajstić information content (AvgIpc) is 3.19. The largest absolute Gasteiger partial charge is 0.324 e. The first kappa shape index (κ1) is 21.9. The highest BCUT2D eigenvalue weighted by Gasteiger charge is 2.22. The Labute approximate surface area is 185 Å². The van der Waals surface area contributed by atoms with E-state index in [0.29, 0.717) is 27.8 Å². The molecule has 0 saturated heterocycles. The van der Waals surface area contributed by atoms with Crippen LogP contribution in [0.5, 0.6) is 0 Å². The molecule has 2 amide bonds. The Morgan fingerprint density at radius 2 is 1.53 bits per heavy atom. The summed E-state index contributed by atoms with van der Waals surface area (Å²) in [6.45, 7) is 5.55. The van der Waals surface area contributed by atoms with Gasteiger partial charge in [0.2, 0.25) is 5.91 Å². The summed E-state index contributed by atoms with van der Waals surface area (Å²) in [6, 6.07) is 11.6. The minimum Gasteiger partial charge on any atom is -0.324 e. The molecule has 1 heterocycles. The Hall–Kier alpha value is -2.83. The van der Waals surface area contributed by atoms with Crippen molar-refractivity contribution in [3.63, 3.8) is 0 Å². The van der Waals surface area contributed by atoms with Gasteiger partial charge in [-0.05, 0) is 61.7 Å². The SMILES string of the molecule is CC[C@@H](C(=O)Nc1cccc(Cl)c1C)n1ccc(C(=O)Nc2cccc(Cl)c2C)n1. The number of amides is 2. The van der Waals surface area contributed by atoms with E-state index in [-0.39, 0.29) is 17.5 Å². The van der Waals surface area contributed by atoms with E-state index in [2.05, 4.69) is 15.7 Å². The number of anilines is 2. The zero-order valence-electron chi connectivity index (χ0n) is 16.9. The third-order valence-electron chi connectivity index (χ3n) is 4.89. The number of halogens is 2. The fourth-order valence-electron chi connectivity index (χ4n) is 3.01. The number of carbonyl (C=O) groups is 2.